The number of carbonyl (C=O) groups is 1. The van der Waals surface area contributed by atoms with Crippen LogP contribution >= 0.6 is 15.9 Å². The van der Waals surface area contributed by atoms with Crippen molar-refractivity contribution < 1.29 is 4.79 Å². The Morgan fingerprint density at radius 2 is 2.11 bits per heavy atom. The molecule has 0 spiro atoms. The molecule has 0 N–H and O–H groups in total. The summed E-state index contributed by atoms with van der Waals surface area (Å²) in [5.41, 5.74) is 1.93. The Morgan fingerprint density at radius 1 is 1.37 bits per heavy atom. The summed E-state index contributed by atoms with van der Waals surface area (Å²) < 4.78 is 1.00. The molecule has 1 amide bonds. The maximum absolute atomic E-state index is 12.5. The number of aryl methyl sites for hydroxylation is 1. The summed E-state index contributed by atoms with van der Waals surface area (Å²) in [5.74, 6) is 0.874. The first kappa shape index (κ1) is 14.6. The molecule has 2 atom stereocenters. The lowest BCUT2D eigenvalue weighted by Crippen LogP contribution is -2.39. The molecule has 1 aromatic rings. The first-order chi connectivity index (χ1) is 8.99. The maximum Gasteiger partial charge on any atom is 0.253 e. The normalized spacial score (nSPS) is 23.2. The van der Waals surface area contributed by atoms with E-state index in [9.17, 15) is 4.79 Å². The fraction of sp³-hybridized carbons (Fsp3) is 0.562. The minimum absolute atomic E-state index is 0.139. The summed E-state index contributed by atoms with van der Waals surface area (Å²) in [6, 6.07) is 6.25. The number of rotatable bonds is 2. The van der Waals surface area contributed by atoms with Crippen molar-refractivity contribution in [3.8, 4) is 0 Å². The summed E-state index contributed by atoms with van der Waals surface area (Å²) in [6.07, 6.45) is 4.81. The van der Waals surface area contributed by atoms with Crippen LogP contribution in [-0.4, -0.2) is 23.9 Å². The number of carbonyl (C=O) groups excluding carboxylic acids is 1. The molecule has 0 radical (unpaired) electrons. The second-order valence-electron chi connectivity index (χ2n) is 5.81. The molecule has 0 aliphatic heterocycles. The van der Waals surface area contributed by atoms with Gasteiger partial charge in [-0.2, -0.15) is 0 Å². The van der Waals surface area contributed by atoms with Gasteiger partial charge in [0, 0.05) is 23.1 Å². The summed E-state index contributed by atoms with van der Waals surface area (Å²) in [4.78, 5) is 14.5. The van der Waals surface area contributed by atoms with Gasteiger partial charge in [0.1, 0.15) is 0 Å². The third-order valence-electron chi connectivity index (χ3n) is 4.20. The molecule has 1 aliphatic rings. The lowest BCUT2D eigenvalue weighted by Gasteiger charge is -2.34. The third-order valence-corrected chi connectivity index (χ3v) is 5.05. The molecule has 0 heterocycles. The predicted octanol–water partition coefficient (Wildman–Crippen LogP) is 4.41. The van der Waals surface area contributed by atoms with Gasteiger partial charge in [-0.1, -0.05) is 41.8 Å². The lowest BCUT2D eigenvalue weighted by atomic mass is 9.86. The molecule has 1 aromatic carbocycles. The van der Waals surface area contributed by atoms with Gasteiger partial charge in [-0.15, -0.1) is 0 Å². The third kappa shape index (κ3) is 3.38. The highest BCUT2D eigenvalue weighted by molar-refractivity contribution is 9.10. The zero-order chi connectivity index (χ0) is 14.0. The van der Waals surface area contributed by atoms with E-state index in [2.05, 4.69) is 22.9 Å². The zero-order valence-corrected chi connectivity index (χ0v) is 13.5. The molecule has 2 nitrogen and oxygen atoms in total. The molecular weight excluding hydrogens is 302 g/mol. The van der Waals surface area contributed by atoms with Gasteiger partial charge in [-0.3, -0.25) is 4.79 Å². The van der Waals surface area contributed by atoms with E-state index in [0.29, 0.717) is 6.04 Å². The summed E-state index contributed by atoms with van der Waals surface area (Å²) >= 11 is 3.50. The van der Waals surface area contributed by atoms with E-state index in [0.717, 1.165) is 34.4 Å². The topological polar surface area (TPSA) is 20.3 Å². The number of hydrogen-bond donors (Lipinski definition) is 0. The molecule has 0 saturated heterocycles. The second kappa shape index (κ2) is 6.08. The molecule has 2 unspecified atom stereocenters. The number of benzene rings is 1. The molecular formula is C16H22BrNO. The van der Waals surface area contributed by atoms with Crippen molar-refractivity contribution in [2.45, 2.75) is 45.6 Å². The van der Waals surface area contributed by atoms with E-state index in [1.807, 2.05) is 37.1 Å². The van der Waals surface area contributed by atoms with Gasteiger partial charge in [0.15, 0.2) is 0 Å². The molecule has 0 aromatic heterocycles. The minimum atomic E-state index is 0.139. The van der Waals surface area contributed by atoms with Crippen LogP contribution in [0, 0.1) is 12.8 Å². The quantitative estimate of drug-likeness (QED) is 0.789. The van der Waals surface area contributed by atoms with E-state index in [4.69, 9.17) is 0 Å². The Hall–Kier alpha value is -0.830. The summed E-state index contributed by atoms with van der Waals surface area (Å²) in [6.45, 7) is 4.32. The van der Waals surface area contributed by atoms with Crippen LogP contribution in [0.5, 0.6) is 0 Å². The molecule has 1 saturated carbocycles. The second-order valence-corrected chi connectivity index (χ2v) is 6.66. The highest BCUT2D eigenvalue weighted by Gasteiger charge is 2.26. The molecule has 19 heavy (non-hydrogen) atoms. The monoisotopic (exact) mass is 323 g/mol. The van der Waals surface area contributed by atoms with Crippen LogP contribution < -0.4 is 0 Å². The largest absolute Gasteiger partial charge is 0.339 e. The Morgan fingerprint density at radius 3 is 2.74 bits per heavy atom. The van der Waals surface area contributed by atoms with E-state index < -0.39 is 0 Å². The standard InChI is InChI=1S/C16H22BrNO/c1-11-5-4-6-14(9-11)18(3)16(19)13-8-7-12(2)15(17)10-13/h7-8,10-11,14H,4-6,9H2,1-3H3. The van der Waals surface area contributed by atoms with Gasteiger partial charge < -0.3 is 4.90 Å². The van der Waals surface area contributed by atoms with Crippen molar-refractivity contribution >= 4 is 21.8 Å². The highest BCUT2D eigenvalue weighted by atomic mass is 79.9. The smallest absolute Gasteiger partial charge is 0.253 e. The van der Waals surface area contributed by atoms with Crippen LogP contribution in [0.3, 0.4) is 0 Å². The van der Waals surface area contributed by atoms with Crippen molar-refractivity contribution in [3.05, 3.63) is 33.8 Å². The Balaban J connectivity index is 2.11. The Labute approximate surface area is 124 Å². The fourth-order valence-corrected chi connectivity index (χ4v) is 3.23. The predicted molar refractivity (Wildman–Crippen MR) is 82.4 cm³/mol. The van der Waals surface area contributed by atoms with Gasteiger partial charge in [0.05, 0.1) is 0 Å². The van der Waals surface area contributed by atoms with Crippen molar-refractivity contribution in [1.29, 1.82) is 0 Å². The fourth-order valence-electron chi connectivity index (χ4n) is 2.85. The zero-order valence-electron chi connectivity index (χ0n) is 11.9. The van der Waals surface area contributed by atoms with Crippen molar-refractivity contribution in [2.24, 2.45) is 5.92 Å². The number of halogens is 1. The molecule has 1 aliphatic carbocycles. The molecule has 3 heteroatoms. The van der Waals surface area contributed by atoms with Gasteiger partial charge in [-0.25, -0.2) is 0 Å². The van der Waals surface area contributed by atoms with E-state index in [1.165, 1.54) is 12.8 Å². The first-order valence-electron chi connectivity index (χ1n) is 7.02. The van der Waals surface area contributed by atoms with Crippen LogP contribution in [0.15, 0.2) is 22.7 Å². The summed E-state index contributed by atoms with van der Waals surface area (Å²) in [5, 5.41) is 0. The number of amides is 1. The Bertz CT molecular complexity index is 472. The van der Waals surface area contributed by atoms with Crippen molar-refractivity contribution in [2.75, 3.05) is 7.05 Å². The SMILES string of the molecule is Cc1ccc(C(=O)N(C)C2CCCC(C)C2)cc1Br. The average Bonchev–Trinajstić information content (AvgIpc) is 2.40. The molecule has 0 bridgehead atoms. The van der Waals surface area contributed by atoms with Crippen LogP contribution in [0.1, 0.15) is 48.5 Å². The van der Waals surface area contributed by atoms with Crippen LogP contribution in [0.25, 0.3) is 0 Å². The van der Waals surface area contributed by atoms with Gasteiger partial charge >= 0.3 is 0 Å². The van der Waals surface area contributed by atoms with Crippen molar-refractivity contribution in [1.82, 2.24) is 4.90 Å². The average molecular weight is 324 g/mol. The van der Waals surface area contributed by atoms with E-state index >= 15 is 0 Å². The van der Waals surface area contributed by atoms with E-state index in [-0.39, 0.29) is 5.91 Å². The van der Waals surface area contributed by atoms with Crippen molar-refractivity contribution in [3.63, 3.8) is 0 Å². The van der Waals surface area contributed by atoms with Crippen LogP contribution in [-0.2, 0) is 0 Å². The van der Waals surface area contributed by atoms with Gasteiger partial charge in [0.25, 0.3) is 5.91 Å². The number of nitrogens with zero attached hydrogens (tertiary/aromatic N) is 1. The van der Waals surface area contributed by atoms with Crippen LogP contribution in [0.4, 0.5) is 0 Å². The first-order valence-corrected chi connectivity index (χ1v) is 7.81. The molecule has 104 valence electrons. The Kier molecular flexibility index (Phi) is 4.67. The maximum atomic E-state index is 12.5. The lowest BCUT2D eigenvalue weighted by molar-refractivity contribution is 0.0672. The highest BCUT2D eigenvalue weighted by Crippen LogP contribution is 2.28. The van der Waals surface area contributed by atoms with Gasteiger partial charge in [0.2, 0.25) is 0 Å². The molecule has 1 fully saturated rings. The molecule has 2 rings (SSSR count). The van der Waals surface area contributed by atoms with Gasteiger partial charge in [-0.05, 0) is 43.4 Å². The minimum Gasteiger partial charge on any atom is -0.339 e. The summed E-state index contributed by atoms with van der Waals surface area (Å²) in [7, 11) is 1.94. The van der Waals surface area contributed by atoms with E-state index in [1.54, 1.807) is 0 Å². The van der Waals surface area contributed by atoms with Crippen LogP contribution in [0.2, 0.25) is 0 Å². The number of hydrogen-bond acceptors (Lipinski definition) is 1.